The molecule has 0 saturated carbocycles. The van der Waals surface area contributed by atoms with Crippen molar-refractivity contribution in [3.63, 3.8) is 0 Å². The topological polar surface area (TPSA) is 98.5 Å². The SMILES string of the molecule is NC(=O)[C@@H](N)CC1=c2ccccc2=NC1=O. The quantitative estimate of drug-likeness (QED) is 0.624. The number of carbonyl (C=O) groups excluding carboxylic acids is 2. The van der Waals surface area contributed by atoms with Crippen LogP contribution in [0.1, 0.15) is 6.42 Å². The first-order valence-corrected chi connectivity index (χ1v) is 4.86. The van der Waals surface area contributed by atoms with Crippen molar-refractivity contribution in [2.75, 3.05) is 0 Å². The lowest BCUT2D eigenvalue weighted by Crippen LogP contribution is -2.37. The van der Waals surface area contributed by atoms with Gasteiger partial charge in [-0.2, -0.15) is 0 Å². The second kappa shape index (κ2) is 3.86. The summed E-state index contributed by atoms with van der Waals surface area (Å²) >= 11 is 0. The molecule has 0 aliphatic carbocycles. The van der Waals surface area contributed by atoms with Crippen molar-refractivity contribution < 1.29 is 9.59 Å². The highest BCUT2D eigenvalue weighted by Gasteiger charge is 2.20. The van der Waals surface area contributed by atoms with Crippen molar-refractivity contribution in [3.05, 3.63) is 34.8 Å². The fraction of sp³-hybridized carbons (Fsp3) is 0.182. The molecule has 0 aromatic heterocycles. The third-order valence-corrected chi connectivity index (χ3v) is 2.50. The maximum atomic E-state index is 11.6. The average molecular weight is 217 g/mol. The first kappa shape index (κ1) is 10.5. The lowest BCUT2D eigenvalue weighted by molar-refractivity contribution is -0.119. The summed E-state index contributed by atoms with van der Waals surface area (Å²) in [6.07, 6.45) is 0.134. The summed E-state index contributed by atoms with van der Waals surface area (Å²) in [4.78, 5) is 26.3. The third-order valence-electron chi connectivity index (χ3n) is 2.50. The molecular formula is C11H11N3O2. The zero-order valence-corrected chi connectivity index (χ0v) is 8.51. The molecule has 16 heavy (non-hydrogen) atoms. The van der Waals surface area contributed by atoms with Crippen molar-refractivity contribution in [1.29, 1.82) is 0 Å². The fourth-order valence-electron chi connectivity index (χ4n) is 1.64. The molecule has 0 unspecified atom stereocenters. The van der Waals surface area contributed by atoms with Gasteiger partial charge in [-0.3, -0.25) is 9.59 Å². The summed E-state index contributed by atoms with van der Waals surface area (Å²) in [6, 6.07) is 6.29. The zero-order valence-electron chi connectivity index (χ0n) is 8.51. The molecule has 0 radical (unpaired) electrons. The van der Waals surface area contributed by atoms with Crippen LogP contribution < -0.4 is 22.0 Å². The van der Waals surface area contributed by atoms with Gasteiger partial charge in [-0.05, 0) is 6.07 Å². The average Bonchev–Trinajstić information content (AvgIpc) is 2.55. The van der Waals surface area contributed by atoms with Crippen molar-refractivity contribution in [2.45, 2.75) is 12.5 Å². The summed E-state index contributed by atoms with van der Waals surface area (Å²) in [6.45, 7) is 0. The van der Waals surface area contributed by atoms with Crippen LogP contribution in [0, 0.1) is 0 Å². The van der Waals surface area contributed by atoms with Crippen LogP contribution in [0.4, 0.5) is 0 Å². The summed E-state index contributed by atoms with van der Waals surface area (Å²) in [5, 5.41) is 1.36. The summed E-state index contributed by atoms with van der Waals surface area (Å²) < 4.78 is 0. The maximum absolute atomic E-state index is 11.6. The van der Waals surface area contributed by atoms with Crippen molar-refractivity contribution in [3.8, 4) is 0 Å². The number of nitrogens with zero attached hydrogens (tertiary/aromatic N) is 1. The lowest BCUT2D eigenvalue weighted by Gasteiger charge is -2.06. The van der Waals surface area contributed by atoms with Crippen LogP contribution in [0.2, 0.25) is 0 Å². The Kier molecular flexibility index (Phi) is 2.54. The standard InChI is InChI=1S/C11H11N3O2/c12-8(10(13)15)5-7-6-3-1-2-4-9(6)14-11(7)16/h1-4,8H,5,12H2,(H2,13,15)/t8-/m0/s1. The van der Waals surface area contributed by atoms with Gasteiger partial charge in [-0.15, -0.1) is 0 Å². The van der Waals surface area contributed by atoms with Gasteiger partial charge in [0.05, 0.1) is 11.4 Å². The molecule has 5 heteroatoms. The molecule has 0 saturated heterocycles. The number of primary amides is 1. The minimum absolute atomic E-state index is 0.134. The minimum atomic E-state index is -0.847. The van der Waals surface area contributed by atoms with E-state index in [-0.39, 0.29) is 12.3 Å². The first-order valence-electron chi connectivity index (χ1n) is 4.86. The fourth-order valence-corrected chi connectivity index (χ4v) is 1.64. The second-order valence-electron chi connectivity index (χ2n) is 3.63. The van der Waals surface area contributed by atoms with Gasteiger partial charge in [0, 0.05) is 17.2 Å². The molecular weight excluding hydrogens is 206 g/mol. The maximum Gasteiger partial charge on any atom is 0.274 e. The molecule has 2 amide bonds. The number of nitrogens with two attached hydrogens (primary N) is 2. The number of para-hydroxylation sites is 1. The zero-order chi connectivity index (χ0) is 11.7. The molecule has 0 bridgehead atoms. The number of hydrogen-bond acceptors (Lipinski definition) is 3. The number of hydrogen-bond donors (Lipinski definition) is 2. The van der Waals surface area contributed by atoms with E-state index in [1.807, 2.05) is 6.07 Å². The molecule has 1 aliphatic rings. The van der Waals surface area contributed by atoms with E-state index < -0.39 is 11.9 Å². The van der Waals surface area contributed by atoms with E-state index in [4.69, 9.17) is 11.5 Å². The molecule has 0 fully saturated rings. The molecule has 82 valence electrons. The Hall–Kier alpha value is -2.01. The molecule has 4 N–H and O–H groups in total. The summed E-state index contributed by atoms with van der Waals surface area (Å²) in [5.74, 6) is -0.956. The number of rotatable bonds is 3. The smallest absolute Gasteiger partial charge is 0.274 e. The number of carbonyl (C=O) groups is 2. The van der Waals surface area contributed by atoms with Gasteiger partial charge in [0.2, 0.25) is 5.91 Å². The van der Waals surface area contributed by atoms with Crippen LogP contribution in [0.3, 0.4) is 0 Å². The van der Waals surface area contributed by atoms with Gasteiger partial charge in [-0.25, -0.2) is 4.99 Å². The van der Waals surface area contributed by atoms with Gasteiger partial charge >= 0.3 is 0 Å². The monoisotopic (exact) mass is 217 g/mol. The van der Waals surface area contributed by atoms with E-state index in [0.29, 0.717) is 10.9 Å². The van der Waals surface area contributed by atoms with Gasteiger partial charge < -0.3 is 11.5 Å². The predicted octanol–water partition coefficient (Wildman–Crippen LogP) is -1.80. The Morgan fingerprint density at radius 2 is 2.06 bits per heavy atom. The van der Waals surface area contributed by atoms with Crippen LogP contribution in [0.15, 0.2) is 29.3 Å². The normalized spacial score (nSPS) is 15.6. The van der Waals surface area contributed by atoms with Crippen LogP contribution in [-0.4, -0.2) is 17.9 Å². The highest BCUT2D eigenvalue weighted by molar-refractivity contribution is 6.15. The van der Waals surface area contributed by atoms with Gasteiger partial charge in [0.1, 0.15) is 0 Å². The van der Waals surface area contributed by atoms with Gasteiger partial charge in [0.15, 0.2) is 0 Å². The van der Waals surface area contributed by atoms with Crippen molar-refractivity contribution in [2.24, 2.45) is 16.5 Å². The molecule has 5 nitrogen and oxygen atoms in total. The van der Waals surface area contributed by atoms with Crippen LogP contribution in [0.5, 0.6) is 0 Å². The van der Waals surface area contributed by atoms with E-state index in [1.165, 1.54) is 0 Å². The second-order valence-corrected chi connectivity index (χ2v) is 3.63. The molecule has 1 heterocycles. The Labute approximate surface area is 91.5 Å². The van der Waals surface area contributed by atoms with Gasteiger partial charge in [-0.1, -0.05) is 18.2 Å². The summed E-state index contributed by atoms with van der Waals surface area (Å²) in [7, 11) is 0. The number of fused-ring (bicyclic) bond motifs is 1. The Bertz CT molecular complexity index is 577. The number of amides is 2. The predicted molar refractivity (Wildman–Crippen MR) is 57.4 cm³/mol. The Balaban J connectivity index is 2.47. The number of benzene rings is 1. The van der Waals surface area contributed by atoms with E-state index in [1.54, 1.807) is 18.2 Å². The minimum Gasteiger partial charge on any atom is -0.368 e. The molecule has 2 rings (SSSR count). The van der Waals surface area contributed by atoms with Crippen LogP contribution in [0.25, 0.3) is 5.57 Å². The van der Waals surface area contributed by atoms with E-state index >= 15 is 0 Å². The van der Waals surface area contributed by atoms with E-state index in [9.17, 15) is 9.59 Å². The lowest BCUT2D eigenvalue weighted by atomic mass is 10.0. The Morgan fingerprint density at radius 3 is 2.75 bits per heavy atom. The van der Waals surface area contributed by atoms with Crippen molar-refractivity contribution >= 4 is 17.4 Å². The largest absolute Gasteiger partial charge is 0.368 e. The molecule has 1 aromatic carbocycles. The van der Waals surface area contributed by atoms with Crippen LogP contribution in [-0.2, 0) is 9.59 Å². The summed E-state index contributed by atoms with van der Waals surface area (Å²) in [5.41, 5.74) is 11.0. The first-order chi connectivity index (χ1) is 7.59. The highest BCUT2D eigenvalue weighted by atomic mass is 16.2. The van der Waals surface area contributed by atoms with E-state index in [0.717, 1.165) is 5.22 Å². The van der Waals surface area contributed by atoms with Gasteiger partial charge in [0.25, 0.3) is 5.91 Å². The van der Waals surface area contributed by atoms with Crippen LogP contribution >= 0.6 is 0 Å². The van der Waals surface area contributed by atoms with Crippen molar-refractivity contribution in [1.82, 2.24) is 0 Å². The molecule has 1 atom stereocenters. The molecule has 0 spiro atoms. The Morgan fingerprint density at radius 1 is 1.38 bits per heavy atom. The third kappa shape index (κ3) is 1.72. The van der Waals surface area contributed by atoms with E-state index in [2.05, 4.69) is 4.99 Å². The highest BCUT2D eigenvalue weighted by Crippen LogP contribution is 2.07. The molecule has 1 aliphatic heterocycles. The molecule has 1 aromatic rings.